The quantitative estimate of drug-likeness (QED) is 0.603. The summed E-state index contributed by atoms with van der Waals surface area (Å²) in [5.41, 5.74) is 0. The summed E-state index contributed by atoms with van der Waals surface area (Å²) < 4.78 is 0. The normalized spacial score (nSPS) is 47.4. The van der Waals surface area contributed by atoms with Gasteiger partial charge in [-0.05, 0) is 33.9 Å². The minimum atomic E-state index is 0.656. The molecule has 0 aromatic carbocycles. The topological polar surface area (TPSA) is 13.0 Å². The van der Waals surface area contributed by atoms with Crippen molar-refractivity contribution in [2.75, 3.05) is 40.8 Å². The zero-order valence-corrected chi connectivity index (χ0v) is 11.3. The van der Waals surface area contributed by atoms with Gasteiger partial charge in [-0.15, -0.1) is 0 Å². The Morgan fingerprint density at radius 2 is 1.00 bits per heavy atom. The molecule has 0 aliphatic carbocycles. The predicted octanol–water partition coefficient (Wildman–Crippen LogP) is 0.724. The summed E-state index contributed by atoms with van der Waals surface area (Å²) in [6.45, 7) is 11.5. The van der Waals surface area contributed by atoms with Crippen LogP contribution in [0, 0.1) is 5.92 Å². The Bertz CT molecular complexity index is 209. The molecule has 4 nitrogen and oxygen atoms in total. The molecule has 3 aliphatic heterocycles. The second-order valence-corrected chi connectivity index (χ2v) is 5.80. The Labute approximate surface area is 99.8 Å². The van der Waals surface area contributed by atoms with Gasteiger partial charge in [-0.2, -0.15) is 0 Å². The van der Waals surface area contributed by atoms with Gasteiger partial charge in [0.15, 0.2) is 0 Å². The van der Waals surface area contributed by atoms with Crippen molar-refractivity contribution >= 4 is 0 Å². The Balaban J connectivity index is 2.25. The molecular weight excluding hydrogens is 200 g/mol. The molecule has 0 aromatic heterocycles. The number of hydrogen-bond donors (Lipinski definition) is 0. The monoisotopic (exact) mass is 226 g/mol. The molecule has 0 spiro atoms. The summed E-state index contributed by atoms with van der Waals surface area (Å²) in [5.74, 6) is 0.738. The minimum Gasteiger partial charge on any atom is -0.280 e. The van der Waals surface area contributed by atoms with E-state index in [-0.39, 0.29) is 0 Å². The van der Waals surface area contributed by atoms with Crippen LogP contribution in [0.25, 0.3) is 0 Å². The van der Waals surface area contributed by atoms with E-state index in [4.69, 9.17) is 0 Å². The molecule has 0 amide bonds. The lowest BCUT2D eigenvalue weighted by Gasteiger charge is -2.51. The van der Waals surface area contributed by atoms with Gasteiger partial charge < -0.3 is 0 Å². The minimum absolute atomic E-state index is 0.656. The van der Waals surface area contributed by atoms with Crippen LogP contribution in [0.15, 0.2) is 0 Å². The van der Waals surface area contributed by atoms with Crippen molar-refractivity contribution in [1.29, 1.82) is 0 Å². The van der Waals surface area contributed by atoms with E-state index in [9.17, 15) is 0 Å². The molecule has 3 atom stereocenters. The molecule has 2 bridgehead atoms. The number of hydrogen-bond acceptors (Lipinski definition) is 4. The van der Waals surface area contributed by atoms with E-state index in [2.05, 4.69) is 54.5 Å². The zero-order chi connectivity index (χ0) is 11.9. The van der Waals surface area contributed by atoms with Crippen molar-refractivity contribution in [1.82, 2.24) is 19.6 Å². The lowest BCUT2D eigenvalue weighted by Crippen LogP contribution is -2.63. The number of rotatable bonds is 0. The van der Waals surface area contributed by atoms with Gasteiger partial charge in [-0.25, -0.2) is 0 Å². The molecule has 94 valence electrons. The van der Waals surface area contributed by atoms with Gasteiger partial charge in [-0.1, -0.05) is 6.92 Å². The van der Waals surface area contributed by atoms with Crippen molar-refractivity contribution in [3.8, 4) is 0 Å². The summed E-state index contributed by atoms with van der Waals surface area (Å²) >= 11 is 0. The first kappa shape index (κ1) is 12.3. The standard InChI is InChI=1S/C12H26N4/c1-10-11(2)15-6-13(4)8-16(12(10)3)9-14(5)7-15/h10-12H,6-9H2,1-5H3/t10?,11-,12?/m0/s1. The highest BCUT2D eigenvalue weighted by Crippen LogP contribution is 2.24. The highest BCUT2D eigenvalue weighted by molar-refractivity contribution is 4.86. The van der Waals surface area contributed by atoms with Crippen LogP contribution in [0.4, 0.5) is 0 Å². The van der Waals surface area contributed by atoms with Gasteiger partial charge in [0.2, 0.25) is 0 Å². The first-order valence-electron chi connectivity index (χ1n) is 6.34. The Hall–Kier alpha value is -0.160. The van der Waals surface area contributed by atoms with Gasteiger partial charge in [0, 0.05) is 12.1 Å². The first-order valence-corrected chi connectivity index (χ1v) is 6.34. The Kier molecular flexibility index (Phi) is 3.54. The van der Waals surface area contributed by atoms with Crippen LogP contribution in [0.1, 0.15) is 20.8 Å². The molecule has 0 N–H and O–H groups in total. The second kappa shape index (κ2) is 4.61. The summed E-state index contributed by atoms with van der Waals surface area (Å²) in [7, 11) is 4.45. The Morgan fingerprint density at radius 1 is 0.688 bits per heavy atom. The van der Waals surface area contributed by atoms with Crippen molar-refractivity contribution < 1.29 is 0 Å². The summed E-state index contributed by atoms with van der Waals surface area (Å²) in [6.07, 6.45) is 0. The SMILES string of the molecule is CC1C(C)N2CN(C)CN(CN(C)C2)[C@H]1C. The maximum atomic E-state index is 2.59. The summed E-state index contributed by atoms with van der Waals surface area (Å²) in [6, 6.07) is 1.31. The molecule has 3 heterocycles. The third-order valence-electron chi connectivity index (χ3n) is 4.37. The third kappa shape index (κ3) is 2.25. The van der Waals surface area contributed by atoms with E-state index in [1.54, 1.807) is 0 Å². The molecule has 3 saturated heterocycles. The molecule has 0 saturated carbocycles. The smallest absolute Gasteiger partial charge is 0.0529 e. The van der Waals surface area contributed by atoms with Gasteiger partial charge >= 0.3 is 0 Å². The van der Waals surface area contributed by atoms with E-state index in [0.29, 0.717) is 12.1 Å². The van der Waals surface area contributed by atoms with Gasteiger partial charge in [0.1, 0.15) is 0 Å². The fourth-order valence-corrected chi connectivity index (χ4v) is 3.00. The molecule has 2 unspecified atom stereocenters. The molecule has 3 rings (SSSR count). The molecule has 4 heteroatoms. The van der Waals surface area contributed by atoms with Crippen LogP contribution in [0.3, 0.4) is 0 Å². The number of fused-ring (bicyclic) bond motifs is 6. The van der Waals surface area contributed by atoms with Gasteiger partial charge in [0.25, 0.3) is 0 Å². The lowest BCUT2D eigenvalue weighted by molar-refractivity contribution is -0.0910. The van der Waals surface area contributed by atoms with Crippen LogP contribution in [-0.4, -0.2) is 72.5 Å². The van der Waals surface area contributed by atoms with E-state index in [1.165, 1.54) is 0 Å². The second-order valence-electron chi connectivity index (χ2n) is 5.80. The van der Waals surface area contributed by atoms with E-state index < -0.39 is 0 Å². The average Bonchev–Trinajstić information content (AvgIpc) is 2.21. The maximum absolute atomic E-state index is 2.59. The van der Waals surface area contributed by atoms with Crippen LogP contribution >= 0.6 is 0 Å². The summed E-state index contributed by atoms with van der Waals surface area (Å²) in [4.78, 5) is 10.0. The highest BCUT2D eigenvalue weighted by Gasteiger charge is 2.35. The largest absolute Gasteiger partial charge is 0.280 e. The van der Waals surface area contributed by atoms with Crippen LogP contribution in [0.2, 0.25) is 0 Å². The maximum Gasteiger partial charge on any atom is 0.0529 e. The number of nitrogens with zero attached hydrogens (tertiary/aromatic N) is 4. The van der Waals surface area contributed by atoms with Crippen LogP contribution in [0.5, 0.6) is 0 Å². The van der Waals surface area contributed by atoms with Crippen molar-refractivity contribution in [3.63, 3.8) is 0 Å². The van der Waals surface area contributed by atoms with Crippen LogP contribution in [-0.2, 0) is 0 Å². The predicted molar refractivity (Wildman–Crippen MR) is 66.8 cm³/mol. The molecule has 16 heavy (non-hydrogen) atoms. The fourth-order valence-electron chi connectivity index (χ4n) is 3.00. The molecule has 3 aliphatic rings. The van der Waals surface area contributed by atoms with Crippen molar-refractivity contribution in [2.45, 2.75) is 32.9 Å². The van der Waals surface area contributed by atoms with Crippen molar-refractivity contribution in [3.05, 3.63) is 0 Å². The summed E-state index contributed by atoms with van der Waals surface area (Å²) in [5, 5.41) is 0. The fraction of sp³-hybridized carbons (Fsp3) is 1.00. The molecule has 0 radical (unpaired) electrons. The first-order chi connectivity index (χ1) is 7.49. The van der Waals surface area contributed by atoms with E-state index >= 15 is 0 Å². The van der Waals surface area contributed by atoms with E-state index in [0.717, 1.165) is 32.6 Å². The highest BCUT2D eigenvalue weighted by atomic mass is 15.5. The van der Waals surface area contributed by atoms with E-state index in [1.807, 2.05) is 0 Å². The van der Waals surface area contributed by atoms with Crippen LogP contribution < -0.4 is 0 Å². The van der Waals surface area contributed by atoms with Gasteiger partial charge in [-0.3, -0.25) is 19.6 Å². The van der Waals surface area contributed by atoms with Crippen molar-refractivity contribution in [2.24, 2.45) is 5.92 Å². The van der Waals surface area contributed by atoms with Gasteiger partial charge in [0.05, 0.1) is 26.7 Å². The lowest BCUT2D eigenvalue weighted by atomic mass is 9.93. The third-order valence-corrected chi connectivity index (χ3v) is 4.37. The molecule has 3 fully saturated rings. The molecule has 0 aromatic rings. The molecular formula is C12H26N4. The zero-order valence-electron chi connectivity index (χ0n) is 11.3. The average molecular weight is 226 g/mol. The Morgan fingerprint density at radius 3 is 1.31 bits per heavy atom.